The van der Waals surface area contributed by atoms with Crippen LogP contribution in [0.5, 0.6) is 0 Å². The number of rotatable bonds is 9. The fourth-order valence-corrected chi connectivity index (χ4v) is 4.54. The highest BCUT2D eigenvalue weighted by Crippen LogP contribution is 2.38. The van der Waals surface area contributed by atoms with Gasteiger partial charge in [0, 0.05) is 50.4 Å². The minimum absolute atomic E-state index is 0.0399. The largest absolute Gasteiger partial charge is 0.383 e. The monoisotopic (exact) mass is 463 g/mol. The minimum atomic E-state index is -0.116. The maximum Gasteiger partial charge on any atom is 0.226 e. The van der Waals surface area contributed by atoms with Crippen molar-refractivity contribution in [2.24, 2.45) is 0 Å². The number of ether oxygens (including phenoxy) is 1. The van der Waals surface area contributed by atoms with Crippen molar-refractivity contribution in [3.63, 3.8) is 0 Å². The molecule has 3 heterocycles. The van der Waals surface area contributed by atoms with Gasteiger partial charge in [-0.05, 0) is 55.0 Å². The molecule has 1 aromatic carbocycles. The summed E-state index contributed by atoms with van der Waals surface area (Å²) in [5, 5.41) is 7.08. The van der Waals surface area contributed by atoms with Crippen LogP contribution in [0.2, 0.25) is 0 Å². The average molecular weight is 464 g/mol. The van der Waals surface area contributed by atoms with E-state index in [1.165, 1.54) is 0 Å². The summed E-state index contributed by atoms with van der Waals surface area (Å²) in [5.41, 5.74) is 3.89. The Morgan fingerprint density at radius 1 is 1.15 bits per heavy atom. The molecular weight excluding hydrogens is 434 g/mol. The molecular formula is C25H29N5O2S. The summed E-state index contributed by atoms with van der Waals surface area (Å²) in [6.45, 7) is 3.82. The number of nitrogens with zero attached hydrogens (tertiary/aromatic N) is 3. The molecule has 8 heteroatoms. The average Bonchev–Trinajstić information content (AvgIpc) is 3.42. The van der Waals surface area contributed by atoms with Crippen LogP contribution in [0.4, 0.5) is 5.69 Å². The molecule has 0 bridgehead atoms. The Morgan fingerprint density at radius 3 is 2.73 bits per heavy atom. The molecule has 0 spiro atoms. The molecule has 0 unspecified atom stereocenters. The lowest BCUT2D eigenvalue weighted by molar-refractivity contribution is -0.116. The standard InChI is InChI=1S/C25H29N5O2S/c1-18-8-3-4-9-19(18)27-22(31)12-15-30-24(21-11-7-14-29(21)16-17-32-2)23(28-25(30)33)20-10-5-6-13-26-20/h3-11,13-14,23-24H,12,15-17H2,1-2H3,(H,27,31)(H,28,33)/t23-,24-/m1/s1. The van der Waals surface area contributed by atoms with Crippen molar-refractivity contribution in [2.45, 2.75) is 32.0 Å². The van der Waals surface area contributed by atoms with E-state index in [1.54, 1.807) is 13.3 Å². The van der Waals surface area contributed by atoms with Crippen molar-refractivity contribution in [2.75, 3.05) is 25.6 Å². The maximum absolute atomic E-state index is 12.7. The fraction of sp³-hybridized carbons (Fsp3) is 0.320. The molecule has 2 atom stereocenters. The number of carbonyl (C=O) groups is 1. The highest BCUT2D eigenvalue weighted by Gasteiger charge is 2.41. The molecule has 1 aliphatic heterocycles. The third-order valence-corrected chi connectivity index (χ3v) is 6.25. The van der Waals surface area contributed by atoms with Crippen LogP contribution in [0.3, 0.4) is 0 Å². The zero-order valence-corrected chi connectivity index (χ0v) is 19.7. The van der Waals surface area contributed by atoms with Crippen molar-refractivity contribution < 1.29 is 9.53 Å². The van der Waals surface area contributed by atoms with Gasteiger partial charge in [-0.3, -0.25) is 9.78 Å². The van der Waals surface area contributed by atoms with Crippen LogP contribution in [-0.2, 0) is 16.1 Å². The van der Waals surface area contributed by atoms with Gasteiger partial charge in [0.05, 0.1) is 24.4 Å². The number of hydrogen-bond acceptors (Lipinski definition) is 4. The van der Waals surface area contributed by atoms with Crippen molar-refractivity contribution in [1.82, 2.24) is 19.8 Å². The number of amides is 1. The Hall–Kier alpha value is -3.23. The van der Waals surface area contributed by atoms with Crippen LogP contribution in [0.25, 0.3) is 0 Å². The molecule has 1 amide bonds. The predicted molar refractivity (Wildman–Crippen MR) is 133 cm³/mol. The summed E-state index contributed by atoms with van der Waals surface area (Å²) >= 11 is 5.72. The lowest BCUT2D eigenvalue weighted by atomic mass is 10.0. The second-order valence-electron chi connectivity index (χ2n) is 8.05. The number of methoxy groups -OCH3 is 1. The summed E-state index contributed by atoms with van der Waals surface area (Å²) in [5.74, 6) is -0.0399. The van der Waals surface area contributed by atoms with Gasteiger partial charge in [0.2, 0.25) is 5.91 Å². The van der Waals surface area contributed by atoms with E-state index in [2.05, 4.69) is 31.2 Å². The van der Waals surface area contributed by atoms with Gasteiger partial charge in [0.1, 0.15) is 0 Å². The third-order valence-electron chi connectivity index (χ3n) is 5.90. The molecule has 1 aliphatic rings. The number of aromatic nitrogens is 2. The van der Waals surface area contributed by atoms with Gasteiger partial charge in [0.25, 0.3) is 0 Å². The molecule has 0 radical (unpaired) electrons. The quantitative estimate of drug-likeness (QED) is 0.470. The Labute approximate surface area is 199 Å². The van der Waals surface area contributed by atoms with E-state index in [4.69, 9.17) is 17.0 Å². The Balaban J connectivity index is 1.56. The minimum Gasteiger partial charge on any atom is -0.383 e. The first kappa shape index (κ1) is 22.9. The second-order valence-corrected chi connectivity index (χ2v) is 8.44. The summed E-state index contributed by atoms with van der Waals surface area (Å²) in [6.07, 6.45) is 4.16. The van der Waals surface area contributed by atoms with Gasteiger partial charge >= 0.3 is 0 Å². The van der Waals surface area contributed by atoms with E-state index in [0.29, 0.717) is 24.7 Å². The number of nitrogens with one attached hydrogen (secondary N) is 2. The second kappa shape index (κ2) is 10.6. The van der Waals surface area contributed by atoms with Gasteiger partial charge in [0.15, 0.2) is 5.11 Å². The van der Waals surface area contributed by atoms with Gasteiger partial charge in [-0.25, -0.2) is 0 Å². The SMILES string of the molecule is COCCn1cccc1[C@@H]1[C@@H](c2ccccn2)NC(=S)N1CCC(=O)Nc1ccccc1C. The normalized spacial score (nSPS) is 17.8. The lowest BCUT2D eigenvalue weighted by Gasteiger charge is -2.28. The number of pyridine rings is 1. The molecule has 4 rings (SSSR count). The smallest absolute Gasteiger partial charge is 0.226 e. The lowest BCUT2D eigenvalue weighted by Crippen LogP contribution is -2.33. The van der Waals surface area contributed by atoms with Gasteiger partial charge < -0.3 is 24.8 Å². The van der Waals surface area contributed by atoms with E-state index < -0.39 is 0 Å². The van der Waals surface area contributed by atoms with Crippen LogP contribution >= 0.6 is 12.2 Å². The zero-order chi connectivity index (χ0) is 23.2. The van der Waals surface area contributed by atoms with Crippen molar-refractivity contribution in [3.05, 3.63) is 83.9 Å². The molecule has 7 nitrogen and oxygen atoms in total. The van der Waals surface area contributed by atoms with Crippen LogP contribution < -0.4 is 10.6 Å². The molecule has 0 saturated carbocycles. The maximum atomic E-state index is 12.7. The number of hydrogen-bond donors (Lipinski definition) is 2. The van der Waals surface area contributed by atoms with Gasteiger partial charge in [-0.2, -0.15) is 0 Å². The zero-order valence-electron chi connectivity index (χ0n) is 18.9. The first-order chi connectivity index (χ1) is 16.1. The number of benzene rings is 1. The highest BCUT2D eigenvalue weighted by molar-refractivity contribution is 7.80. The van der Waals surface area contributed by atoms with E-state index in [-0.39, 0.29) is 18.0 Å². The summed E-state index contributed by atoms with van der Waals surface area (Å²) < 4.78 is 7.48. The molecule has 2 aromatic heterocycles. The summed E-state index contributed by atoms with van der Waals surface area (Å²) in [4.78, 5) is 19.4. The van der Waals surface area contributed by atoms with E-state index in [0.717, 1.165) is 29.2 Å². The highest BCUT2D eigenvalue weighted by atomic mass is 32.1. The predicted octanol–water partition coefficient (Wildman–Crippen LogP) is 3.84. The Morgan fingerprint density at radius 2 is 1.97 bits per heavy atom. The van der Waals surface area contributed by atoms with Crippen molar-refractivity contribution in [3.8, 4) is 0 Å². The Bertz CT molecular complexity index is 1100. The number of anilines is 1. The fourth-order valence-electron chi connectivity index (χ4n) is 4.20. The Kier molecular flexibility index (Phi) is 7.36. The summed E-state index contributed by atoms with van der Waals surface area (Å²) in [6, 6.07) is 17.6. The van der Waals surface area contributed by atoms with Crippen LogP contribution in [0.1, 0.15) is 35.5 Å². The third kappa shape index (κ3) is 5.23. The molecule has 1 saturated heterocycles. The molecule has 1 fully saturated rings. The van der Waals surface area contributed by atoms with E-state index in [9.17, 15) is 4.79 Å². The van der Waals surface area contributed by atoms with Gasteiger partial charge in [-0.15, -0.1) is 0 Å². The molecule has 3 aromatic rings. The van der Waals surface area contributed by atoms with E-state index >= 15 is 0 Å². The first-order valence-electron chi connectivity index (χ1n) is 11.1. The number of para-hydroxylation sites is 1. The van der Waals surface area contributed by atoms with Gasteiger partial charge in [-0.1, -0.05) is 24.3 Å². The number of thiocarbonyl (C=S) groups is 1. The molecule has 172 valence electrons. The number of carbonyl (C=O) groups excluding carboxylic acids is 1. The van der Waals surface area contributed by atoms with Crippen LogP contribution in [0, 0.1) is 6.92 Å². The molecule has 0 aliphatic carbocycles. The van der Waals surface area contributed by atoms with Crippen molar-refractivity contribution >= 4 is 28.9 Å². The van der Waals surface area contributed by atoms with E-state index in [1.807, 2.05) is 61.7 Å². The van der Waals surface area contributed by atoms with Crippen molar-refractivity contribution in [1.29, 1.82) is 0 Å². The van der Waals surface area contributed by atoms with Crippen LogP contribution in [-0.4, -0.2) is 45.7 Å². The van der Waals surface area contributed by atoms with Crippen LogP contribution in [0.15, 0.2) is 67.0 Å². The molecule has 33 heavy (non-hydrogen) atoms. The number of aryl methyl sites for hydroxylation is 1. The topological polar surface area (TPSA) is 71.4 Å². The first-order valence-corrected chi connectivity index (χ1v) is 11.5. The molecule has 2 N–H and O–H groups in total. The summed E-state index contributed by atoms with van der Waals surface area (Å²) in [7, 11) is 1.70.